The molecule has 0 aliphatic rings. The van der Waals surface area contributed by atoms with Gasteiger partial charge in [0.25, 0.3) is 0 Å². The smallest absolute Gasteiger partial charge is 0.123 e. The van der Waals surface area contributed by atoms with Crippen molar-refractivity contribution in [3.8, 4) is 16.3 Å². The molecule has 0 bridgehead atoms. The Bertz CT molecular complexity index is 794. The molecule has 1 aromatic heterocycles. The van der Waals surface area contributed by atoms with Crippen LogP contribution in [0.15, 0.2) is 53.9 Å². The lowest BCUT2D eigenvalue weighted by Gasteiger charge is -2.17. The summed E-state index contributed by atoms with van der Waals surface area (Å²) in [7, 11) is 1.69. The first-order valence-corrected chi connectivity index (χ1v) is 9.46. The monoisotopic (exact) mass is 352 g/mol. The summed E-state index contributed by atoms with van der Waals surface area (Å²) in [6, 6.07) is 17.1. The van der Waals surface area contributed by atoms with Gasteiger partial charge in [-0.25, -0.2) is 4.98 Å². The topological polar surface area (TPSA) is 34.2 Å². The van der Waals surface area contributed by atoms with Gasteiger partial charge < -0.3 is 10.1 Å². The van der Waals surface area contributed by atoms with Crippen LogP contribution in [-0.4, -0.2) is 12.1 Å². The molecule has 0 amide bonds. The van der Waals surface area contributed by atoms with E-state index in [1.807, 2.05) is 12.1 Å². The average Bonchev–Trinajstić information content (AvgIpc) is 3.12. The highest BCUT2D eigenvalue weighted by Gasteiger charge is 2.11. The normalized spacial score (nSPS) is 12.1. The van der Waals surface area contributed by atoms with Crippen molar-refractivity contribution in [2.45, 2.75) is 32.9 Å². The fraction of sp³-hybridized carbons (Fsp3) is 0.286. The zero-order valence-corrected chi connectivity index (χ0v) is 15.8. The van der Waals surface area contributed by atoms with Crippen molar-refractivity contribution in [1.82, 2.24) is 10.3 Å². The third kappa shape index (κ3) is 4.47. The highest BCUT2D eigenvalue weighted by molar-refractivity contribution is 7.13. The number of methoxy groups -OCH3 is 1. The number of thiazole rings is 1. The molecule has 2 aromatic carbocycles. The first-order chi connectivity index (χ1) is 12.2. The van der Waals surface area contributed by atoms with Gasteiger partial charge in [-0.15, -0.1) is 11.3 Å². The molecular formula is C21H24N2OS. The molecule has 0 aliphatic carbocycles. The Balaban J connectivity index is 1.64. The van der Waals surface area contributed by atoms with Gasteiger partial charge in [-0.05, 0) is 31.0 Å². The molecule has 0 fully saturated rings. The molecule has 1 N–H and O–H groups in total. The quantitative estimate of drug-likeness (QED) is 0.621. The number of rotatable bonds is 7. The van der Waals surface area contributed by atoms with Gasteiger partial charge in [-0.2, -0.15) is 0 Å². The Morgan fingerprint density at radius 3 is 2.44 bits per heavy atom. The maximum Gasteiger partial charge on any atom is 0.123 e. The fourth-order valence-electron chi connectivity index (χ4n) is 2.78. The molecule has 3 nitrogen and oxygen atoms in total. The van der Waals surface area contributed by atoms with Gasteiger partial charge in [0.05, 0.1) is 12.8 Å². The molecule has 0 spiro atoms. The second-order valence-electron chi connectivity index (χ2n) is 6.12. The SMILES string of the molecule is CCC(NCc1csc(-c2ccc(C)cc2)n1)c1ccc(OC)cc1. The van der Waals surface area contributed by atoms with Crippen LogP contribution < -0.4 is 10.1 Å². The fourth-order valence-corrected chi connectivity index (χ4v) is 3.60. The van der Waals surface area contributed by atoms with E-state index in [9.17, 15) is 0 Å². The zero-order chi connectivity index (χ0) is 17.6. The van der Waals surface area contributed by atoms with Crippen LogP contribution in [0.4, 0.5) is 0 Å². The Morgan fingerprint density at radius 2 is 1.80 bits per heavy atom. The molecule has 3 aromatic rings. The van der Waals surface area contributed by atoms with Crippen molar-refractivity contribution in [2.75, 3.05) is 7.11 Å². The predicted molar refractivity (Wildman–Crippen MR) is 105 cm³/mol. The van der Waals surface area contributed by atoms with Crippen LogP contribution in [0.25, 0.3) is 10.6 Å². The summed E-state index contributed by atoms with van der Waals surface area (Å²) in [4.78, 5) is 4.77. The summed E-state index contributed by atoms with van der Waals surface area (Å²) in [6.45, 7) is 5.07. The van der Waals surface area contributed by atoms with E-state index in [1.165, 1.54) is 16.7 Å². The minimum atomic E-state index is 0.315. The minimum absolute atomic E-state index is 0.315. The third-order valence-corrected chi connectivity index (χ3v) is 5.25. The van der Waals surface area contributed by atoms with E-state index in [4.69, 9.17) is 9.72 Å². The number of hydrogen-bond acceptors (Lipinski definition) is 4. The van der Waals surface area contributed by atoms with Crippen molar-refractivity contribution in [2.24, 2.45) is 0 Å². The number of nitrogens with one attached hydrogen (secondary N) is 1. The van der Waals surface area contributed by atoms with E-state index >= 15 is 0 Å². The van der Waals surface area contributed by atoms with Crippen LogP contribution in [0, 0.1) is 6.92 Å². The summed E-state index contributed by atoms with van der Waals surface area (Å²) in [5, 5.41) is 6.84. The molecular weight excluding hydrogens is 328 g/mol. The van der Waals surface area contributed by atoms with E-state index < -0.39 is 0 Å². The number of benzene rings is 2. The maximum atomic E-state index is 5.23. The predicted octanol–water partition coefficient (Wildman–Crippen LogP) is 5.37. The van der Waals surface area contributed by atoms with Crippen molar-refractivity contribution in [3.05, 3.63) is 70.7 Å². The molecule has 4 heteroatoms. The molecule has 130 valence electrons. The van der Waals surface area contributed by atoms with E-state index in [0.29, 0.717) is 6.04 Å². The van der Waals surface area contributed by atoms with Crippen LogP contribution in [0.1, 0.15) is 36.2 Å². The minimum Gasteiger partial charge on any atom is -0.497 e. The van der Waals surface area contributed by atoms with Gasteiger partial charge in [-0.3, -0.25) is 0 Å². The summed E-state index contributed by atoms with van der Waals surface area (Å²) in [5.41, 5.74) is 4.82. The van der Waals surface area contributed by atoms with Crippen molar-refractivity contribution in [3.63, 3.8) is 0 Å². The molecule has 0 saturated carbocycles. The number of ether oxygens (including phenoxy) is 1. The molecule has 25 heavy (non-hydrogen) atoms. The van der Waals surface area contributed by atoms with E-state index in [0.717, 1.165) is 29.4 Å². The summed E-state index contributed by atoms with van der Waals surface area (Å²) in [6.07, 6.45) is 1.03. The Hall–Kier alpha value is -2.17. The molecule has 1 heterocycles. The van der Waals surface area contributed by atoms with Crippen LogP contribution in [-0.2, 0) is 6.54 Å². The Kier molecular flexibility index (Phi) is 5.84. The van der Waals surface area contributed by atoms with Gasteiger partial charge in [0.15, 0.2) is 0 Å². The summed E-state index contributed by atoms with van der Waals surface area (Å²) < 4.78 is 5.23. The van der Waals surface area contributed by atoms with Crippen molar-refractivity contribution < 1.29 is 4.74 Å². The van der Waals surface area contributed by atoms with Crippen LogP contribution >= 0.6 is 11.3 Å². The van der Waals surface area contributed by atoms with Gasteiger partial charge in [0.1, 0.15) is 10.8 Å². The van der Waals surface area contributed by atoms with E-state index in [2.05, 4.69) is 60.9 Å². The lowest BCUT2D eigenvalue weighted by molar-refractivity contribution is 0.414. The molecule has 1 unspecified atom stereocenters. The summed E-state index contributed by atoms with van der Waals surface area (Å²) in [5.74, 6) is 0.890. The number of aryl methyl sites for hydroxylation is 1. The van der Waals surface area contributed by atoms with Gasteiger partial charge in [-0.1, -0.05) is 48.9 Å². The van der Waals surface area contributed by atoms with Crippen molar-refractivity contribution in [1.29, 1.82) is 0 Å². The number of hydrogen-bond donors (Lipinski definition) is 1. The number of nitrogens with zero attached hydrogens (tertiary/aromatic N) is 1. The molecule has 0 radical (unpaired) electrons. The molecule has 3 rings (SSSR count). The number of aromatic nitrogens is 1. The van der Waals surface area contributed by atoms with Gasteiger partial charge in [0.2, 0.25) is 0 Å². The second kappa shape index (κ2) is 8.28. The summed E-state index contributed by atoms with van der Waals surface area (Å²) >= 11 is 1.70. The van der Waals surface area contributed by atoms with Gasteiger partial charge in [0, 0.05) is 23.5 Å². The van der Waals surface area contributed by atoms with Crippen LogP contribution in [0.2, 0.25) is 0 Å². The first kappa shape index (κ1) is 17.6. The Labute approximate surface area is 153 Å². The van der Waals surface area contributed by atoms with Crippen LogP contribution in [0.3, 0.4) is 0 Å². The van der Waals surface area contributed by atoms with Gasteiger partial charge >= 0.3 is 0 Å². The third-order valence-electron chi connectivity index (χ3n) is 4.31. The average molecular weight is 353 g/mol. The first-order valence-electron chi connectivity index (χ1n) is 8.58. The van der Waals surface area contributed by atoms with E-state index in [1.54, 1.807) is 18.4 Å². The lowest BCUT2D eigenvalue weighted by atomic mass is 10.0. The second-order valence-corrected chi connectivity index (χ2v) is 6.98. The highest BCUT2D eigenvalue weighted by atomic mass is 32.1. The molecule has 0 saturated heterocycles. The van der Waals surface area contributed by atoms with Crippen molar-refractivity contribution >= 4 is 11.3 Å². The van der Waals surface area contributed by atoms with Crippen LogP contribution in [0.5, 0.6) is 5.75 Å². The maximum absolute atomic E-state index is 5.23. The molecule has 0 aliphatic heterocycles. The largest absolute Gasteiger partial charge is 0.497 e. The Morgan fingerprint density at radius 1 is 1.08 bits per heavy atom. The lowest BCUT2D eigenvalue weighted by Crippen LogP contribution is -2.20. The zero-order valence-electron chi connectivity index (χ0n) is 15.0. The standard InChI is InChI=1S/C21H24N2OS/c1-4-20(16-9-11-19(24-3)12-10-16)22-13-18-14-25-21(23-18)17-7-5-15(2)6-8-17/h5-12,14,20,22H,4,13H2,1-3H3. The molecule has 1 atom stereocenters. The highest BCUT2D eigenvalue weighted by Crippen LogP contribution is 2.25. The van der Waals surface area contributed by atoms with E-state index in [-0.39, 0.29) is 0 Å².